The number of aromatic nitrogens is 1. The lowest BCUT2D eigenvalue weighted by Gasteiger charge is -2.03. The third-order valence-corrected chi connectivity index (χ3v) is 1.96. The Kier molecular flexibility index (Phi) is 3.44. The molecule has 1 heterocycles. The molecule has 0 saturated heterocycles. The zero-order valence-corrected chi connectivity index (χ0v) is 8.25. The number of rotatable bonds is 3. The molecule has 0 amide bonds. The van der Waals surface area contributed by atoms with Crippen molar-refractivity contribution >= 4 is 12.2 Å². The fourth-order valence-corrected chi connectivity index (χ4v) is 1.22. The van der Waals surface area contributed by atoms with Crippen molar-refractivity contribution in [3.05, 3.63) is 41.7 Å². The Morgan fingerprint density at radius 3 is 2.85 bits per heavy atom. The zero-order valence-electron chi connectivity index (χ0n) is 8.25. The summed E-state index contributed by atoms with van der Waals surface area (Å²) in [6, 6.07) is 0. The largest absolute Gasteiger partial charge is 0.264 e. The summed E-state index contributed by atoms with van der Waals surface area (Å²) >= 11 is 0. The van der Waals surface area contributed by atoms with Gasteiger partial charge in [-0.3, -0.25) is 4.98 Å². The second-order valence-electron chi connectivity index (χ2n) is 2.97. The summed E-state index contributed by atoms with van der Waals surface area (Å²) in [6.45, 7) is 7.96. The molecule has 0 saturated carbocycles. The lowest BCUT2D eigenvalue weighted by atomic mass is 10.0. The fourth-order valence-electron chi connectivity index (χ4n) is 1.22. The van der Waals surface area contributed by atoms with Gasteiger partial charge in [0, 0.05) is 12.4 Å². The Balaban J connectivity index is 3.14. The van der Waals surface area contributed by atoms with E-state index in [2.05, 4.69) is 37.6 Å². The van der Waals surface area contributed by atoms with E-state index in [1.165, 1.54) is 11.1 Å². The highest BCUT2D eigenvalue weighted by molar-refractivity contribution is 5.65. The molecule has 1 aromatic heterocycles. The van der Waals surface area contributed by atoms with Crippen LogP contribution in [-0.2, 0) is 0 Å². The normalized spacial score (nSPS) is 10.6. The number of hydrogen-bond acceptors (Lipinski definition) is 1. The van der Waals surface area contributed by atoms with E-state index in [1.54, 1.807) is 0 Å². The molecule has 0 aromatic carbocycles. The van der Waals surface area contributed by atoms with Gasteiger partial charge in [-0.2, -0.15) is 0 Å². The predicted molar refractivity (Wildman–Crippen MR) is 58.4 cm³/mol. The molecule has 1 aromatic rings. The van der Waals surface area contributed by atoms with Gasteiger partial charge in [0.05, 0.1) is 0 Å². The highest BCUT2D eigenvalue weighted by atomic mass is 14.6. The van der Waals surface area contributed by atoms with Crippen LogP contribution in [0.1, 0.15) is 30.0 Å². The van der Waals surface area contributed by atoms with Gasteiger partial charge in [-0.05, 0) is 30.0 Å². The first kappa shape index (κ1) is 9.72. The van der Waals surface area contributed by atoms with Gasteiger partial charge < -0.3 is 0 Å². The minimum Gasteiger partial charge on any atom is -0.264 e. The van der Waals surface area contributed by atoms with E-state index >= 15 is 0 Å². The van der Waals surface area contributed by atoms with E-state index < -0.39 is 0 Å². The van der Waals surface area contributed by atoms with Gasteiger partial charge in [0.2, 0.25) is 0 Å². The van der Waals surface area contributed by atoms with E-state index in [-0.39, 0.29) is 0 Å². The van der Waals surface area contributed by atoms with E-state index in [0.717, 1.165) is 12.0 Å². The van der Waals surface area contributed by atoms with E-state index in [4.69, 9.17) is 0 Å². The molecule has 0 aliphatic carbocycles. The average molecular weight is 173 g/mol. The van der Waals surface area contributed by atoms with Gasteiger partial charge in [-0.15, -0.1) is 0 Å². The Bertz CT molecular complexity index is 324. The second kappa shape index (κ2) is 4.61. The zero-order chi connectivity index (χ0) is 9.68. The number of pyridine rings is 1. The fraction of sp³-hybridized carbons (Fsp3) is 0.250. The third kappa shape index (κ3) is 2.28. The molecular formula is C12H15N. The summed E-state index contributed by atoms with van der Waals surface area (Å²) in [4.78, 5) is 4.12. The molecule has 0 spiro atoms. The summed E-state index contributed by atoms with van der Waals surface area (Å²) in [5.41, 5.74) is 3.53. The van der Waals surface area contributed by atoms with Crippen molar-refractivity contribution in [1.29, 1.82) is 0 Å². The van der Waals surface area contributed by atoms with Crippen LogP contribution in [0.15, 0.2) is 25.0 Å². The van der Waals surface area contributed by atoms with Crippen LogP contribution in [0.2, 0.25) is 0 Å². The number of aryl methyl sites for hydroxylation is 1. The molecule has 1 rings (SSSR count). The first-order chi connectivity index (χ1) is 6.29. The van der Waals surface area contributed by atoms with Crippen LogP contribution in [0.25, 0.3) is 12.2 Å². The van der Waals surface area contributed by atoms with Crippen molar-refractivity contribution in [3.8, 4) is 0 Å². The molecule has 0 fully saturated rings. The van der Waals surface area contributed by atoms with Gasteiger partial charge in [0.25, 0.3) is 0 Å². The topological polar surface area (TPSA) is 12.9 Å². The molecule has 68 valence electrons. The minimum absolute atomic E-state index is 1.05. The quantitative estimate of drug-likeness (QED) is 0.682. The Labute approximate surface area is 79.8 Å². The van der Waals surface area contributed by atoms with E-state index in [9.17, 15) is 0 Å². The number of allylic oxidation sites excluding steroid dienone is 1. The van der Waals surface area contributed by atoms with E-state index in [1.807, 2.05) is 18.5 Å². The summed E-state index contributed by atoms with van der Waals surface area (Å²) in [5, 5.41) is 0. The van der Waals surface area contributed by atoms with Crippen molar-refractivity contribution in [2.24, 2.45) is 0 Å². The summed E-state index contributed by atoms with van der Waals surface area (Å²) < 4.78 is 0. The lowest BCUT2D eigenvalue weighted by molar-refractivity contribution is 1.22. The summed E-state index contributed by atoms with van der Waals surface area (Å²) in [5.74, 6) is 0. The second-order valence-corrected chi connectivity index (χ2v) is 2.97. The molecule has 1 heteroatoms. The molecule has 0 radical (unpaired) electrons. The van der Waals surface area contributed by atoms with Crippen LogP contribution in [0.5, 0.6) is 0 Å². The maximum atomic E-state index is 4.12. The maximum absolute atomic E-state index is 4.12. The van der Waals surface area contributed by atoms with Crippen molar-refractivity contribution in [2.45, 2.75) is 20.3 Å². The van der Waals surface area contributed by atoms with Gasteiger partial charge >= 0.3 is 0 Å². The monoisotopic (exact) mass is 173 g/mol. The van der Waals surface area contributed by atoms with Crippen LogP contribution >= 0.6 is 0 Å². The molecule has 0 bridgehead atoms. The first-order valence-electron chi connectivity index (χ1n) is 4.53. The first-order valence-corrected chi connectivity index (χ1v) is 4.53. The van der Waals surface area contributed by atoms with E-state index in [0.29, 0.717) is 0 Å². The highest BCUT2D eigenvalue weighted by Crippen LogP contribution is 2.15. The van der Waals surface area contributed by atoms with Crippen LogP contribution in [0.3, 0.4) is 0 Å². The molecule has 0 aliphatic rings. The molecule has 1 nitrogen and oxygen atoms in total. The Morgan fingerprint density at radius 1 is 1.46 bits per heavy atom. The number of nitrogens with zero attached hydrogens (tertiary/aromatic N) is 1. The predicted octanol–water partition coefficient (Wildman–Crippen LogP) is 3.46. The van der Waals surface area contributed by atoms with Crippen LogP contribution in [0.4, 0.5) is 0 Å². The van der Waals surface area contributed by atoms with Crippen LogP contribution < -0.4 is 0 Å². The maximum Gasteiger partial charge on any atom is 0.0346 e. The van der Waals surface area contributed by atoms with Gasteiger partial charge in [-0.1, -0.05) is 31.7 Å². The molecular weight excluding hydrogens is 158 g/mol. The molecule has 0 N–H and O–H groups in total. The highest BCUT2D eigenvalue weighted by Gasteiger charge is 1.98. The smallest absolute Gasteiger partial charge is 0.0346 e. The van der Waals surface area contributed by atoms with Crippen molar-refractivity contribution < 1.29 is 0 Å². The SMILES string of the molecule is C=Cc1cncc(C)c1/C=C\CC. The standard InChI is InChI=1S/C12H15N/c1-4-6-7-12-10(3)8-13-9-11(12)5-2/h5-9H,2,4H2,1,3H3/b7-6-. The minimum atomic E-state index is 1.05. The van der Waals surface area contributed by atoms with Crippen molar-refractivity contribution in [3.63, 3.8) is 0 Å². The Hall–Kier alpha value is -1.37. The summed E-state index contributed by atoms with van der Waals surface area (Å²) in [7, 11) is 0. The molecule has 0 aliphatic heterocycles. The summed E-state index contributed by atoms with van der Waals surface area (Å²) in [6.07, 6.45) is 10.9. The van der Waals surface area contributed by atoms with Crippen molar-refractivity contribution in [2.75, 3.05) is 0 Å². The van der Waals surface area contributed by atoms with Crippen molar-refractivity contribution in [1.82, 2.24) is 4.98 Å². The van der Waals surface area contributed by atoms with Gasteiger partial charge in [-0.25, -0.2) is 0 Å². The molecule has 13 heavy (non-hydrogen) atoms. The third-order valence-electron chi connectivity index (χ3n) is 1.96. The molecule has 0 unspecified atom stereocenters. The number of hydrogen-bond donors (Lipinski definition) is 0. The van der Waals surface area contributed by atoms with Crippen LogP contribution in [0, 0.1) is 6.92 Å². The molecule has 0 atom stereocenters. The Morgan fingerprint density at radius 2 is 2.23 bits per heavy atom. The lowest BCUT2D eigenvalue weighted by Crippen LogP contribution is -1.87. The van der Waals surface area contributed by atoms with Gasteiger partial charge in [0.1, 0.15) is 0 Å². The average Bonchev–Trinajstić information content (AvgIpc) is 2.15. The van der Waals surface area contributed by atoms with Gasteiger partial charge in [0.15, 0.2) is 0 Å². The van der Waals surface area contributed by atoms with Crippen LogP contribution in [-0.4, -0.2) is 4.98 Å².